The Morgan fingerprint density at radius 3 is 2.57 bits per heavy atom. The van der Waals surface area contributed by atoms with Gasteiger partial charge in [-0.15, -0.1) is 0 Å². The minimum Gasteiger partial charge on any atom is -0.458 e. The second kappa shape index (κ2) is 5.84. The number of carbonyl (C=O) groups excluding carboxylic acids is 1. The van der Waals surface area contributed by atoms with Crippen LogP contribution in [0.4, 0.5) is 4.39 Å². The number of carbonyl (C=O) groups is 1. The number of ether oxygens (including phenoxy) is 1. The van der Waals surface area contributed by atoms with E-state index in [9.17, 15) is 9.18 Å². The highest BCUT2D eigenvalue weighted by atomic mass is 19.1. The van der Waals surface area contributed by atoms with Crippen LogP contribution < -0.4 is 0 Å². The zero-order valence-corrected chi connectivity index (χ0v) is 12.1. The normalized spacial score (nSPS) is 22.2. The van der Waals surface area contributed by atoms with Gasteiger partial charge in [-0.2, -0.15) is 0 Å². The predicted octanol–water partition coefficient (Wildman–Crippen LogP) is 4.71. The maximum atomic E-state index is 13.8. The van der Waals surface area contributed by atoms with Crippen molar-refractivity contribution in [2.24, 2.45) is 5.92 Å². The van der Waals surface area contributed by atoms with E-state index in [-0.39, 0.29) is 17.9 Å². The van der Waals surface area contributed by atoms with E-state index in [1.54, 1.807) is 18.2 Å². The number of fused-ring (bicyclic) bond motifs is 1. The van der Waals surface area contributed by atoms with Crippen LogP contribution >= 0.6 is 0 Å². The van der Waals surface area contributed by atoms with Crippen LogP contribution in [0.1, 0.15) is 43.0 Å². The van der Waals surface area contributed by atoms with Crippen LogP contribution in [-0.4, -0.2) is 12.1 Å². The first-order valence-electron chi connectivity index (χ1n) is 7.55. The Morgan fingerprint density at radius 2 is 1.81 bits per heavy atom. The van der Waals surface area contributed by atoms with E-state index in [0.717, 1.165) is 19.3 Å². The molecule has 0 amide bonds. The van der Waals surface area contributed by atoms with Gasteiger partial charge in [0.15, 0.2) is 0 Å². The molecule has 0 bridgehead atoms. The van der Waals surface area contributed by atoms with E-state index < -0.39 is 0 Å². The molecule has 2 unspecified atom stereocenters. The topological polar surface area (TPSA) is 26.3 Å². The van der Waals surface area contributed by atoms with E-state index in [1.165, 1.54) is 18.6 Å². The van der Waals surface area contributed by atoms with Crippen molar-refractivity contribution < 1.29 is 13.9 Å². The molecule has 0 aliphatic heterocycles. The van der Waals surface area contributed by atoms with Crippen molar-refractivity contribution in [3.8, 4) is 0 Å². The lowest BCUT2D eigenvalue weighted by Gasteiger charge is -2.28. The summed E-state index contributed by atoms with van der Waals surface area (Å²) in [7, 11) is 0. The summed E-state index contributed by atoms with van der Waals surface area (Å²) < 4.78 is 19.5. The molecule has 3 heteroatoms. The first-order chi connectivity index (χ1) is 10.2. The Labute approximate surface area is 123 Å². The third-order valence-electron chi connectivity index (χ3n) is 4.38. The summed E-state index contributed by atoms with van der Waals surface area (Å²) in [5.41, 5.74) is 0.449. The molecule has 21 heavy (non-hydrogen) atoms. The summed E-state index contributed by atoms with van der Waals surface area (Å²) in [6.45, 7) is 2.12. The van der Waals surface area contributed by atoms with Crippen molar-refractivity contribution in [3.63, 3.8) is 0 Å². The Balaban J connectivity index is 1.89. The van der Waals surface area contributed by atoms with Gasteiger partial charge in [-0.3, -0.25) is 0 Å². The molecule has 1 fully saturated rings. The molecule has 0 heterocycles. The molecule has 2 aromatic carbocycles. The lowest BCUT2D eigenvalue weighted by atomic mass is 9.88. The van der Waals surface area contributed by atoms with Gasteiger partial charge in [0.1, 0.15) is 11.9 Å². The Kier molecular flexibility index (Phi) is 3.91. The van der Waals surface area contributed by atoms with Gasteiger partial charge in [0.2, 0.25) is 0 Å². The molecule has 1 aliphatic carbocycles. The molecule has 110 valence electrons. The SMILES string of the molecule is CC1CCCCC1OC(=O)c1ccc(F)c2ccccc12. The molecule has 0 N–H and O–H groups in total. The van der Waals surface area contributed by atoms with Gasteiger partial charge < -0.3 is 4.74 Å². The largest absolute Gasteiger partial charge is 0.458 e. The van der Waals surface area contributed by atoms with Crippen molar-refractivity contribution in [1.29, 1.82) is 0 Å². The minimum absolute atomic E-state index is 0.0185. The van der Waals surface area contributed by atoms with Crippen LogP contribution in [0.3, 0.4) is 0 Å². The minimum atomic E-state index is -0.343. The third-order valence-corrected chi connectivity index (χ3v) is 4.38. The lowest BCUT2D eigenvalue weighted by molar-refractivity contribution is 0.00502. The molecule has 0 saturated heterocycles. The quantitative estimate of drug-likeness (QED) is 0.747. The van der Waals surface area contributed by atoms with Gasteiger partial charge in [-0.25, -0.2) is 9.18 Å². The molecule has 2 aromatic rings. The summed E-state index contributed by atoms with van der Waals surface area (Å²) in [5, 5.41) is 1.08. The van der Waals surface area contributed by atoms with Crippen LogP contribution in [0.2, 0.25) is 0 Å². The van der Waals surface area contributed by atoms with Gasteiger partial charge in [0.05, 0.1) is 5.56 Å². The molecular formula is C18H19FO2. The Bertz CT molecular complexity index is 665. The van der Waals surface area contributed by atoms with E-state index in [4.69, 9.17) is 4.74 Å². The van der Waals surface area contributed by atoms with E-state index in [2.05, 4.69) is 6.92 Å². The third kappa shape index (κ3) is 2.78. The standard InChI is InChI=1S/C18H19FO2/c1-12-6-2-5-9-17(12)21-18(20)15-10-11-16(19)14-8-4-3-7-13(14)15/h3-4,7-8,10-12,17H,2,5-6,9H2,1H3. The molecule has 3 rings (SSSR count). The van der Waals surface area contributed by atoms with Gasteiger partial charge in [-0.05, 0) is 42.7 Å². The van der Waals surface area contributed by atoms with Crippen molar-refractivity contribution in [2.75, 3.05) is 0 Å². The van der Waals surface area contributed by atoms with Crippen LogP contribution in [0, 0.1) is 11.7 Å². The number of halogens is 1. The first-order valence-corrected chi connectivity index (χ1v) is 7.55. The smallest absolute Gasteiger partial charge is 0.339 e. The average molecular weight is 286 g/mol. The van der Waals surface area contributed by atoms with E-state index in [0.29, 0.717) is 22.3 Å². The number of hydrogen-bond acceptors (Lipinski definition) is 2. The fourth-order valence-electron chi connectivity index (χ4n) is 3.10. The number of rotatable bonds is 2. The predicted molar refractivity (Wildman–Crippen MR) is 80.7 cm³/mol. The molecule has 1 aliphatic rings. The molecule has 0 spiro atoms. The second-order valence-electron chi connectivity index (χ2n) is 5.85. The van der Waals surface area contributed by atoms with Crippen LogP contribution in [-0.2, 0) is 4.74 Å². The number of esters is 1. The number of hydrogen-bond donors (Lipinski definition) is 0. The van der Waals surface area contributed by atoms with Crippen LogP contribution in [0.5, 0.6) is 0 Å². The van der Waals surface area contributed by atoms with Gasteiger partial charge in [-0.1, -0.05) is 37.6 Å². The molecule has 0 aromatic heterocycles. The second-order valence-corrected chi connectivity index (χ2v) is 5.85. The maximum Gasteiger partial charge on any atom is 0.339 e. The zero-order chi connectivity index (χ0) is 14.8. The van der Waals surface area contributed by atoms with Crippen LogP contribution in [0.25, 0.3) is 10.8 Å². The van der Waals surface area contributed by atoms with Crippen molar-refractivity contribution >= 4 is 16.7 Å². The Hall–Kier alpha value is -1.90. The Morgan fingerprint density at radius 1 is 1.10 bits per heavy atom. The zero-order valence-electron chi connectivity index (χ0n) is 12.1. The fourth-order valence-corrected chi connectivity index (χ4v) is 3.10. The van der Waals surface area contributed by atoms with Crippen molar-refractivity contribution in [3.05, 3.63) is 47.8 Å². The summed E-state index contributed by atoms with van der Waals surface area (Å²) in [6.07, 6.45) is 4.31. The lowest BCUT2D eigenvalue weighted by Crippen LogP contribution is -2.28. The van der Waals surface area contributed by atoms with Crippen LogP contribution in [0.15, 0.2) is 36.4 Å². The van der Waals surface area contributed by atoms with Gasteiger partial charge in [0, 0.05) is 5.39 Å². The van der Waals surface area contributed by atoms with Gasteiger partial charge >= 0.3 is 5.97 Å². The molecule has 1 saturated carbocycles. The summed E-state index contributed by atoms with van der Waals surface area (Å²) in [5.74, 6) is -0.257. The molecule has 2 nitrogen and oxygen atoms in total. The summed E-state index contributed by atoms with van der Waals surface area (Å²) in [6, 6.07) is 9.88. The molecule has 2 atom stereocenters. The highest BCUT2D eigenvalue weighted by Gasteiger charge is 2.26. The number of benzene rings is 2. The highest BCUT2D eigenvalue weighted by Crippen LogP contribution is 2.28. The monoisotopic (exact) mass is 286 g/mol. The summed E-state index contributed by atoms with van der Waals surface area (Å²) in [4.78, 5) is 12.4. The van der Waals surface area contributed by atoms with E-state index >= 15 is 0 Å². The molecular weight excluding hydrogens is 267 g/mol. The fraction of sp³-hybridized carbons (Fsp3) is 0.389. The first kappa shape index (κ1) is 14.1. The van der Waals surface area contributed by atoms with Crippen molar-refractivity contribution in [1.82, 2.24) is 0 Å². The summed E-state index contributed by atoms with van der Waals surface area (Å²) >= 11 is 0. The average Bonchev–Trinajstić information content (AvgIpc) is 2.50. The van der Waals surface area contributed by atoms with Crippen molar-refractivity contribution in [2.45, 2.75) is 38.7 Å². The molecule has 0 radical (unpaired) electrons. The van der Waals surface area contributed by atoms with Gasteiger partial charge in [0.25, 0.3) is 0 Å². The van der Waals surface area contributed by atoms with E-state index in [1.807, 2.05) is 6.07 Å². The highest BCUT2D eigenvalue weighted by molar-refractivity contribution is 6.04. The maximum absolute atomic E-state index is 13.8.